The van der Waals surface area contributed by atoms with E-state index in [9.17, 15) is 17.6 Å². The van der Waals surface area contributed by atoms with Gasteiger partial charge in [-0.25, -0.2) is 12.8 Å². The van der Waals surface area contributed by atoms with E-state index < -0.39 is 15.3 Å². The van der Waals surface area contributed by atoms with Gasteiger partial charge in [-0.15, -0.1) is 10.2 Å². The van der Waals surface area contributed by atoms with Gasteiger partial charge in [0.25, 0.3) is 5.22 Å². The van der Waals surface area contributed by atoms with Gasteiger partial charge in [0.1, 0.15) is 5.82 Å². The number of halogens is 1. The van der Waals surface area contributed by atoms with Gasteiger partial charge in [-0.2, -0.15) is 4.31 Å². The number of aromatic nitrogens is 2. The van der Waals surface area contributed by atoms with Gasteiger partial charge in [0.2, 0.25) is 21.8 Å². The number of nitrogens with one attached hydrogen (secondary N) is 1. The molecule has 1 N–H and O–H groups in total. The number of sulfonamides is 1. The van der Waals surface area contributed by atoms with Crippen molar-refractivity contribution in [2.45, 2.75) is 35.1 Å². The molecule has 1 aliphatic rings. The van der Waals surface area contributed by atoms with Gasteiger partial charge in [0.05, 0.1) is 10.1 Å². The third kappa shape index (κ3) is 5.00. The molecule has 32 heavy (non-hydrogen) atoms. The van der Waals surface area contributed by atoms with Crippen LogP contribution in [0.4, 0.5) is 10.1 Å². The molecule has 0 bridgehead atoms. The summed E-state index contributed by atoms with van der Waals surface area (Å²) >= 11 is 1.08. The fraction of sp³-hybridized carbons (Fsp3) is 0.286. The molecule has 2 aromatic carbocycles. The van der Waals surface area contributed by atoms with Crippen LogP contribution in [0.3, 0.4) is 0 Å². The standard InChI is InChI=1S/C21H21FN4O4S2/c1-14(31-21-25-24-20(30-21)15-4-6-16(22)7-5-15)19(27)23-17-8-10-18(11-9-17)32(28,29)26-12-2-3-13-26/h4-11,14H,2-3,12-13H2,1H3,(H,23,27). The van der Waals surface area contributed by atoms with Crippen molar-refractivity contribution in [3.63, 3.8) is 0 Å². The molecule has 0 aliphatic carbocycles. The van der Waals surface area contributed by atoms with E-state index in [1.54, 1.807) is 19.1 Å². The molecule has 1 unspecified atom stereocenters. The lowest BCUT2D eigenvalue weighted by atomic mass is 10.2. The first-order valence-electron chi connectivity index (χ1n) is 10.00. The summed E-state index contributed by atoms with van der Waals surface area (Å²) < 4.78 is 45.3. The van der Waals surface area contributed by atoms with Crippen molar-refractivity contribution in [3.8, 4) is 11.5 Å². The summed E-state index contributed by atoms with van der Waals surface area (Å²) in [6, 6.07) is 11.8. The molecule has 1 atom stereocenters. The Morgan fingerprint density at radius 1 is 1.09 bits per heavy atom. The zero-order valence-electron chi connectivity index (χ0n) is 17.2. The van der Waals surface area contributed by atoms with Crippen molar-refractivity contribution >= 4 is 33.4 Å². The second-order valence-electron chi connectivity index (χ2n) is 7.26. The minimum absolute atomic E-state index is 0.207. The highest BCUT2D eigenvalue weighted by molar-refractivity contribution is 8.00. The second kappa shape index (κ2) is 9.39. The monoisotopic (exact) mass is 476 g/mol. The quantitative estimate of drug-likeness (QED) is 0.517. The van der Waals surface area contributed by atoms with Crippen LogP contribution in [-0.2, 0) is 14.8 Å². The molecular formula is C21H21FN4O4S2. The van der Waals surface area contributed by atoms with Crippen LogP contribution in [0.25, 0.3) is 11.5 Å². The van der Waals surface area contributed by atoms with Crippen LogP contribution in [-0.4, -0.2) is 47.2 Å². The van der Waals surface area contributed by atoms with Gasteiger partial charge < -0.3 is 9.73 Å². The van der Waals surface area contributed by atoms with Crippen LogP contribution in [0.15, 0.2) is 63.1 Å². The number of anilines is 1. The lowest BCUT2D eigenvalue weighted by Gasteiger charge is -2.16. The maximum atomic E-state index is 13.1. The normalized spacial score (nSPS) is 15.6. The number of hydrogen-bond donors (Lipinski definition) is 1. The zero-order chi connectivity index (χ0) is 22.7. The molecule has 0 radical (unpaired) electrons. The summed E-state index contributed by atoms with van der Waals surface area (Å²) in [5.41, 5.74) is 1.06. The van der Waals surface area contributed by atoms with Gasteiger partial charge in [0.15, 0.2) is 0 Å². The van der Waals surface area contributed by atoms with E-state index in [2.05, 4.69) is 15.5 Å². The smallest absolute Gasteiger partial charge is 0.277 e. The summed E-state index contributed by atoms with van der Waals surface area (Å²) in [6.07, 6.45) is 1.74. The topological polar surface area (TPSA) is 105 Å². The Morgan fingerprint density at radius 3 is 2.41 bits per heavy atom. The van der Waals surface area contributed by atoms with E-state index in [4.69, 9.17) is 4.42 Å². The first kappa shape index (κ1) is 22.4. The van der Waals surface area contributed by atoms with E-state index in [1.165, 1.54) is 40.7 Å². The predicted molar refractivity (Wildman–Crippen MR) is 118 cm³/mol. The molecule has 168 valence electrons. The maximum Gasteiger partial charge on any atom is 0.277 e. The van der Waals surface area contributed by atoms with E-state index in [1.807, 2.05) is 0 Å². The summed E-state index contributed by atoms with van der Waals surface area (Å²) in [5.74, 6) is -0.434. The maximum absolute atomic E-state index is 13.1. The third-order valence-electron chi connectivity index (χ3n) is 4.97. The van der Waals surface area contributed by atoms with Crippen molar-refractivity contribution in [3.05, 3.63) is 54.3 Å². The van der Waals surface area contributed by atoms with E-state index in [0.29, 0.717) is 24.3 Å². The molecule has 1 fully saturated rings. The summed E-state index contributed by atoms with van der Waals surface area (Å²) in [5, 5.41) is 10.3. The second-order valence-corrected chi connectivity index (χ2v) is 10.5. The van der Waals surface area contributed by atoms with Crippen LogP contribution in [0.2, 0.25) is 0 Å². The largest absolute Gasteiger partial charge is 0.411 e. The van der Waals surface area contributed by atoms with Crippen LogP contribution in [0.1, 0.15) is 19.8 Å². The number of nitrogens with zero attached hydrogens (tertiary/aromatic N) is 3. The van der Waals surface area contributed by atoms with Crippen molar-refractivity contribution < 1.29 is 22.0 Å². The number of carbonyl (C=O) groups excluding carboxylic acids is 1. The predicted octanol–water partition coefficient (Wildman–Crippen LogP) is 3.78. The Labute approximate surface area is 189 Å². The molecule has 1 aromatic heterocycles. The first-order chi connectivity index (χ1) is 15.3. The molecule has 8 nitrogen and oxygen atoms in total. The fourth-order valence-electron chi connectivity index (χ4n) is 3.20. The number of thioether (sulfide) groups is 1. The average Bonchev–Trinajstić information content (AvgIpc) is 3.47. The van der Waals surface area contributed by atoms with Crippen molar-refractivity contribution in [1.29, 1.82) is 0 Å². The Balaban J connectivity index is 1.36. The number of carbonyl (C=O) groups is 1. The molecule has 1 amide bonds. The molecule has 0 spiro atoms. The van der Waals surface area contributed by atoms with Crippen LogP contribution >= 0.6 is 11.8 Å². The van der Waals surface area contributed by atoms with Crippen LogP contribution in [0, 0.1) is 5.82 Å². The SMILES string of the molecule is CC(Sc1nnc(-c2ccc(F)cc2)o1)C(=O)Nc1ccc(S(=O)(=O)N2CCCC2)cc1. The molecule has 3 aromatic rings. The van der Waals surface area contributed by atoms with E-state index in [-0.39, 0.29) is 27.7 Å². The third-order valence-corrected chi connectivity index (χ3v) is 7.82. The van der Waals surface area contributed by atoms with E-state index >= 15 is 0 Å². The molecule has 0 saturated carbocycles. The Kier molecular flexibility index (Phi) is 6.58. The van der Waals surface area contributed by atoms with Crippen LogP contribution < -0.4 is 5.32 Å². The van der Waals surface area contributed by atoms with Crippen molar-refractivity contribution in [1.82, 2.24) is 14.5 Å². The highest BCUT2D eigenvalue weighted by Gasteiger charge is 2.27. The van der Waals surface area contributed by atoms with Gasteiger partial charge in [0, 0.05) is 24.3 Å². The minimum Gasteiger partial charge on any atom is -0.411 e. The van der Waals surface area contributed by atoms with Gasteiger partial charge >= 0.3 is 0 Å². The van der Waals surface area contributed by atoms with Gasteiger partial charge in [-0.3, -0.25) is 4.79 Å². The highest BCUT2D eigenvalue weighted by atomic mass is 32.2. The molecule has 2 heterocycles. The number of rotatable bonds is 7. The number of hydrogen-bond acceptors (Lipinski definition) is 7. The molecule has 1 aliphatic heterocycles. The molecule has 1 saturated heterocycles. The Hall–Kier alpha value is -2.76. The Morgan fingerprint density at radius 2 is 1.75 bits per heavy atom. The lowest BCUT2D eigenvalue weighted by Crippen LogP contribution is -2.27. The molecular weight excluding hydrogens is 455 g/mol. The van der Waals surface area contributed by atoms with E-state index in [0.717, 1.165) is 24.6 Å². The first-order valence-corrected chi connectivity index (χ1v) is 12.3. The van der Waals surface area contributed by atoms with Gasteiger partial charge in [-0.1, -0.05) is 11.8 Å². The zero-order valence-corrected chi connectivity index (χ0v) is 18.8. The highest BCUT2D eigenvalue weighted by Crippen LogP contribution is 2.27. The average molecular weight is 477 g/mol. The molecule has 4 rings (SSSR count). The van der Waals surface area contributed by atoms with Crippen molar-refractivity contribution in [2.24, 2.45) is 0 Å². The minimum atomic E-state index is -3.50. The summed E-state index contributed by atoms with van der Waals surface area (Å²) in [6.45, 7) is 2.76. The fourth-order valence-corrected chi connectivity index (χ4v) is 5.40. The number of benzene rings is 2. The van der Waals surface area contributed by atoms with Crippen molar-refractivity contribution in [2.75, 3.05) is 18.4 Å². The number of amides is 1. The lowest BCUT2D eigenvalue weighted by molar-refractivity contribution is -0.115. The van der Waals surface area contributed by atoms with Gasteiger partial charge in [-0.05, 0) is 68.3 Å². The molecule has 11 heteroatoms. The van der Waals surface area contributed by atoms with Crippen LogP contribution in [0.5, 0.6) is 0 Å². The Bertz CT molecular complexity index is 1190. The summed E-state index contributed by atoms with van der Waals surface area (Å²) in [4.78, 5) is 12.7. The summed E-state index contributed by atoms with van der Waals surface area (Å²) in [7, 11) is -3.50.